The van der Waals surface area contributed by atoms with E-state index < -0.39 is 17.4 Å². The van der Waals surface area contributed by atoms with E-state index in [1.807, 2.05) is 6.92 Å². The van der Waals surface area contributed by atoms with Crippen molar-refractivity contribution < 1.29 is 24.2 Å². The molecule has 7 nitrogen and oxygen atoms in total. The predicted octanol–water partition coefficient (Wildman–Crippen LogP) is 2.49. The van der Waals surface area contributed by atoms with Crippen molar-refractivity contribution in [1.29, 1.82) is 0 Å². The third-order valence-electron chi connectivity index (χ3n) is 3.46. The largest absolute Gasteiger partial charge is 0.478 e. The molecule has 0 saturated heterocycles. The number of ether oxygens (including phenoxy) is 1. The van der Waals surface area contributed by atoms with Crippen LogP contribution in [0.4, 0.5) is 10.5 Å². The van der Waals surface area contributed by atoms with E-state index in [4.69, 9.17) is 9.84 Å². The molecular weight excluding hydrogens is 300 g/mol. The number of carbonyl (C=O) groups excluding carboxylic acids is 2. The normalized spacial score (nSPS) is 10.7. The fourth-order valence-electron chi connectivity index (χ4n) is 1.59. The number of para-hydroxylation sites is 1. The summed E-state index contributed by atoms with van der Waals surface area (Å²) in [4.78, 5) is 34.5. The van der Waals surface area contributed by atoms with Gasteiger partial charge in [-0.1, -0.05) is 19.1 Å². The summed E-state index contributed by atoms with van der Waals surface area (Å²) in [5.74, 6) is -1.45. The van der Waals surface area contributed by atoms with Crippen molar-refractivity contribution in [2.45, 2.75) is 27.2 Å². The summed E-state index contributed by atoms with van der Waals surface area (Å²) >= 11 is 0. The summed E-state index contributed by atoms with van der Waals surface area (Å²) in [6.07, 6.45) is 0.658. The van der Waals surface area contributed by atoms with Crippen molar-refractivity contribution in [3.63, 3.8) is 0 Å². The summed E-state index contributed by atoms with van der Waals surface area (Å²) in [6.45, 7) is 5.66. The molecule has 0 atom stereocenters. The molecule has 0 aromatic heterocycles. The van der Waals surface area contributed by atoms with Gasteiger partial charge in [-0.3, -0.25) is 4.79 Å². The number of carboxylic acids is 1. The van der Waals surface area contributed by atoms with E-state index in [9.17, 15) is 14.4 Å². The highest BCUT2D eigenvalue weighted by atomic mass is 16.5. The molecule has 1 aromatic carbocycles. The van der Waals surface area contributed by atoms with Crippen molar-refractivity contribution in [2.24, 2.45) is 5.41 Å². The van der Waals surface area contributed by atoms with E-state index in [0.29, 0.717) is 6.42 Å². The Kier molecular flexibility index (Phi) is 6.56. The number of rotatable bonds is 7. The molecule has 1 aromatic rings. The number of esters is 1. The van der Waals surface area contributed by atoms with E-state index in [2.05, 4.69) is 10.6 Å². The zero-order valence-electron chi connectivity index (χ0n) is 13.5. The number of hydrogen-bond donors (Lipinski definition) is 3. The van der Waals surface area contributed by atoms with Gasteiger partial charge in [0.1, 0.15) is 6.61 Å². The average Bonchev–Trinajstić information content (AvgIpc) is 2.51. The molecule has 0 radical (unpaired) electrons. The van der Waals surface area contributed by atoms with Crippen LogP contribution >= 0.6 is 0 Å². The quantitative estimate of drug-likeness (QED) is 0.528. The van der Waals surface area contributed by atoms with Crippen LogP contribution in [0.3, 0.4) is 0 Å². The molecule has 0 aliphatic carbocycles. The lowest BCUT2D eigenvalue weighted by molar-refractivity contribution is -0.153. The van der Waals surface area contributed by atoms with Gasteiger partial charge in [-0.2, -0.15) is 0 Å². The van der Waals surface area contributed by atoms with Gasteiger partial charge in [-0.15, -0.1) is 0 Å². The molecule has 0 aliphatic rings. The molecule has 0 fully saturated rings. The first-order valence-electron chi connectivity index (χ1n) is 7.32. The first-order valence-corrected chi connectivity index (χ1v) is 7.32. The summed E-state index contributed by atoms with van der Waals surface area (Å²) < 4.78 is 5.08. The lowest BCUT2D eigenvalue weighted by Crippen LogP contribution is -2.34. The first kappa shape index (κ1) is 18.5. The summed E-state index contributed by atoms with van der Waals surface area (Å²) in [5.41, 5.74) is -0.358. The zero-order chi connectivity index (χ0) is 17.5. The SMILES string of the molecule is CCC(C)(C)C(=O)OCCNC(=O)Nc1ccccc1C(=O)O. The van der Waals surface area contributed by atoms with Gasteiger partial charge in [-0.05, 0) is 32.4 Å². The fourth-order valence-corrected chi connectivity index (χ4v) is 1.59. The van der Waals surface area contributed by atoms with Gasteiger partial charge in [0, 0.05) is 0 Å². The minimum absolute atomic E-state index is 0.00114. The number of aromatic carboxylic acids is 1. The molecule has 126 valence electrons. The third-order valence-corrected chi connectivity index (χ3v) is 3.46. The number of amides is 2. The maximum atomic E-state index is 11.7. The van der Waals surface area contributed by atoms with Gasteiger partial charge < -0.3 is 20.5 Å². The number of nitrogens with one attached hydrogen (secondary N) is 2. The number of benzene rings is 1. The highest BCUT2D eigenvalue weighted by Gasteiger charge is 2.26. The summed E-state index contributed by atoms with van der Waals surface area (Å²) in [6, 6.07) is 5.52. The van der Waals surface area contributed by atoms with Crippen molar-refractivity contribution in [2.75, 3.05) is 18.5 Å². The lowest BCUT2D eigenvalue weighted by atomic mass is 9.91. The Labute approximate surface area is 135 Å². The van der Waals surface area contributed by atoms with E-state index in [1.165, 1.54) is 12.1 Å². The Hall–Kier alpha value is -2.57. The van der Waals surface area contributed by atoms with Gasteiger partial charge in [0.25, 0.3) is 0 Å². The van der Waals surface area contributed by atoms with Crippen LogP contribution in [0.2, 0.25) is 0 Å². The number of carboxylic acid groups (broad SMARTS) is 1. The Bertz CT molecular complexity index is 584. The lowest BCUT2D eigenvalue weighted by Gasteiger charge is -2.20. The van der Waals surface area contributed by atoms with E-state index in [0.717, 1.165) is 0 Å². The van der Waals surface area contributed by atoms with Crippen LogP contribution in [0.25, 0.3) is 0 Å². The first-order chi connectivity index (χ1) is 10.8. The Morgan fingerprint density at radius 1 is 1.22 bits per heavy atom. The average molecular weight is 322 g/mol. The molecular formula is C16H22N2O5. The molecule has 23 heavy (non-hydrogen) atoms. The second-order valence-corrected chi connectivity index (χ2v) is 5.60. The molecule has 7 heteroatoms. The van der Waals surface area contributed by atoms with Crippen LogP contribution in [-0.4, -0.2) is 36.2 Å². The molecule has 0 heterocycles. The summed E-state index contributed by atoms with van der Waals surface area (Å²) in [5, 5.41) is 14.0. The standard InChI is InChI=1S/C16H22N2O5/c1-4-16(2,3)14(21)23-10-9-17-15(22)18-12-8-6-5-7-11(12)13(19)20/h5-8H,4,9-10H2,1-3H3,(H,19,20)(H2,17,18,22). The minimum Gasteiger partial charge on any atom is -0.478 e. The molecule has 0 saturated carbocycles. The Morgan fingerprint density at radius 3 is 2.48 bits per heavy atom. The molecule has 0 spiro atoms. The topological polar surface area (TPSA) is 105 Å². The number of urea groups is 1. The Morgan fingerprint density at radius 2 is 1.87 bits per heavy atom. The molecule has 1 rings (SSSR count). The number of hydrogen-bond acceptors (Lipinski definition) is 4. The van der Waals surface area contributed by atoms with Crippen molar-refractivity contribution in [3.8, 4) is 0 Å². The van der Waals surface area contributed by atoms with Crippen LogP contribution in [0.5, 0.6) is 0 Å². The molecule has 0 unspecified atom stereocenters. The van der Waals surface area contributed by atoms with E-state index in [-0.39, 0.29) is 30.4 Å². The highest BCUT2D eigenvalue weighted by Crippen LogP contribution is 2.21. The fraction of sp³-hybridized carbons (Fsp3) is 0.438. The molecule has 3 N–H and O–H groups in total. The third kappa shape index (κ3) is 5.61. The zero-order valence-corrected chi connectivity index (χ0v) is 13.5. The Balaban J connectivity index is 2.42. The van der Waals surface area contributed by atoms with E-state index in [1.54, 1.807) is 26.0 Å². The maximum Gasteiger partial charge on any atom is 0.337 e. The smallest absolute Gasteiger partial charge is 0.337 e. The van der Waals surface area contributed by atoms with Crippen LogP contribution in [0.1, 0.15) is 37.6 Å². The van der Waals surface area contributed by atoms with Gasteiger partial charge in [-0.25, -0.2) is 9.59 Å². The number of anilines is 1. The summed E-state index contributed by atoms with van der Waals surface area (Å²) in [7, 11) is 0. The molecule has 0 aliphatic heterocycles. The predicted molar refractivity (Wildman–Crippen MR) is 85.5 cm³/mol. The molecule has 0 bridgehead atoms. The number of carbonyl (C=O) groups is 3. The van der Waals surface area contributed by atoms with E-state index >= 15 is 0 Å². The van der Waals surface area contributed by atoms with Crippen molar-refractivity contribution >= 4 is 23.7 Å². The minimum atomic E-state index is -1.13. The van der Waals surface area contributed by atoms with Gasteiger partial charge in [0.2, 0.25) is 0 Å². The maximum absolute atomic E-state index is 11.7. The molecule has 2 amide bonds. The second-order valence-electron chi connectivity index (χ2n) is 5.60. The van der Waals surface area contributed by atoms with Crippen LogP contribution in [0.15, 0.2) is 24.3 Å². The van der Waals surface area contributed by atoms with Crippen LogP contribution in [0, 0.1) is 5.41 Å². The van der Waals surface area contributed by atoms with Crippen LogP contribution in [-0.2, 0) is 9.53 Å². The van der Waals surface area contributed by atoms with Gasteiger partial charge >= 0.3 is 18.0 Å². The van der Waals surface area contributed by atoms with Crippen molar-refractivity contribution in [1.82, 2.24) is 5.32 Å². The monoisotopic (exact) mass is 322 g/mol. The second kappa shape index (κ2) is 8.17. The van der Waals surface area contributed by atoms with Crippen LogP contribution < -0.4 is 10.6 Å². The van der Waals surface area contributed by atoms with Gasteiger partial charge in [0.05, 0.1) is 23.2 Å². The van der Waals surface area contributed by atoms with Crippen molar-refractivity contribution in [3.05, 3.63) is 29.8 Å². The van der Waals surface area contributed by atoms with Gasteiger partial charge in [0.15, 0.2) is 0 Å². The highest BCUT2D eigenvalue weighted by molar-refractivity contribution is 5.99.